The second-order valence-corrected chi connectivity index (χ2v) is 9.40. The number of pyridine rings is 1. The quantitative estimate of drug-likeness (QED) is 0.215. The van der Waals surface area contributed by atoms with Crippen LogP contribution in [0.3, 0.4) is 0 Å². The van der Waals surface area contributed by atoms with Gasteiger partial charge in [0.15, 0.2) is 0 Å². The SMILES string of the molecule is CS.N=Cc1c(N)cccc1-c1cc2c3c(sc2c(N2CCOCC2)n1)CNCCNCCC3. The van der Waals surface area contributed by atoms with Crippen LogP contribution in [0.4, 0.5) is 11.5 Å². The van der Waals surface area contributed by atoms with E-state index in [0.717, 1.165) is 88.0 Å². The number of nitrogen functional groups attached to an aromatic ring is 1. The van der Waals surface area contributed by atoms with Crippen LogP contribution in [0.1, 0.15) is 22.4 Å². The van der Waals surface area contributed by atoms with E-state index in [9.17, 15) is 0 Å². The molecule has 9 heteroatoms. The number of thiol groups is 1. The average molecular weight is 499 g/mol. The van der Waals surface area contributed by atoms with Crippen molar-refractivity contribution in [1.82, 2.24) is 15.6 Å². The normalized spacial score (nSPS) is 16.9. The number of nitrogens with one attached hydrogen (secondary N) is 3. The first kappa shape index (κ1) is 24.9. The molecule has 0 atom stereocenters. The number of hydrogen-bond acceptors (Lipinski definition) is 9. The van der Waals surface area contributed by atoms with Crippen molar-refractivity contribution in [2.24, 2.45) is 0 Å². The highest BCUT2D eigenvalue weighted by Crippen LogP contribution is 2.41. The Morgan fingerprint density at radius 2 is 1.97 bits per heavy atom. The van der Waals surface area contributed by atoms with Crippen LogP contribution in [-0.4, -0.2) is 63.4 Å². The molecule has 34 heavy (non-hydrogen) atoms. The zero-order valence-electron chi connectivity index (χ0n) is 19.7. The molecule has 2 aliphatic heterocycles. The minimum atomic E-state index is 0.607. The van der Waals surface area contributed by atoms with Crippen molar-refractivity contribution < 1.29 is 4.74 Å². The summed E-state index contributed by atoms with van der Waals surface area (Å²) in [5.74, 6) is 1.03. The summed E-state index contributed by atoms with van der Waals surface area (Å²) in [5, 5.41) is 16.3. The van der Waals surface area contributed by atoms with Gasteiger partial charge < -0.3 is 31.4 Å². The topological polar surface area (TPSA) is 99.3 Å². The molecule has 2 aromatic heterocycles. The summed E-state index contributed by atoms with van der Waals surface area (Å²) in [6, 6.07) is 8.02. The zero-order valence-corrected chi connectivity index (χ0v) is 21.4. The van der Waals surface area contributed by atoms with Crippen LogP contribution in [0.15, 0.2) is 24.3 Å². The average Bonchev–Trinajstić information content (AvgIpc) is 3.24. The van der Waals surface area contributed by atoms with Crippen LogP contribution >= 0.6 is 24.0 Å². The molecule has 0 unspecified atom stereocenters. The Morgan fingerprint density at radius 3 is 2.76 bits per heavy atom. The number of rotatable bonds is 3. The van der Waals surface area contributed by atoms with E-state index < -0.39 is 0 Å². The van der Waals surface area contributed by atoms with E-state index in [1.165, 1.54) is 26.7 Å². The molecule has 1 aromatic carbocycles. The maximum absolute atomic E-state index is 7.93. The highest BCUT2D eigenvalue weighted by Gasteiger charge is 2.23. The fourth-order valence-corrected chi connectivity index (χ4v) is 5.90. The van der Waals surface area contributed by atoms with Gasteiger partial charge >= 0.3 is 0 Å². The lowest BCUT2D eigenvalue weighted by atomic mass is 9.99. The number of aromatic nitrogens is 1. The molecule has 0 amide bonds. The van der Waals surface area contributed by atoms with Crippen LogP contribution < -0.4 is 21.3 Å². The summed E-state index contributed by atoms with van der Waals surface area (Å²) in [6.45, 7) is 7.01. The molecule has 0 aliphatic carbocycles. The van der Waals surface area contributed by atoms with E-state index in [1.54, 1.807) is 6.26 Å². The molecule has 182 valence electrons. The lowest BCUT2D eigenvalue weighted by molar-refractivity contribution is 0.122. The minimum Gasteiger partial charge on any atom is -0.398 e. The van der Waals surface area contributed by atoms with Crippen molar-refractivity contribution in [3.8, 4) is 11.3 Å². The third kappa shape index (κ3) is 5.23. The number of thiophene rings is 1. The highest BCUT2D eigenvalue weighted by molar-refractivity contribution is 7.79. The van der Waals surface area contributed by atoms with E-state index in [4.69, 9.17) is 20.9 Å². The van der Waals surface area contributed by atoms with Gasteiger partial charge in [-0.3, -0.25) is 0 Å². The minimum absolute atomic E-state index is 0.607. The van der Waals surface area contributed by atoms with Gasteiger partial charge in [-0.2, -0.15) is 12.6 Å². The third-order valence-electron chi connectivity index (χ3n) is 6.26. The molecule has 1 fully saturated rings. The second kappa shape index (κ2) is 12.0. The Morgan fingerprint density at radius 1 is 1.18 bits per heavy atom. The molecule has 5 rings (SSSR count). The molecule has 1 saturated heterocycles. The molecular formula is C25H34N6OS2. The molecule has 0 bridgehead atoms. The summed E-state index contributed by atoms with van der Waals surface area (Å²) in [6.07, 6.45) is 5.20. The Balaban J connectivity index is 0.00000133. The number of hydrogen-bond donors (Lipinski definition) is 5. The van der Waals surface area contributed by atoms with Gasteiger partial charge in [0.2, 0.25) is 0 Å². The van der Waals surface area contributed by atoms with Crippen LogP contribution in [-0.2, 0) is 17.7 Å². The van der Waals surface area contributed by atoms with Crippen molar-refractivity contribution in [3.05, 3.63) is 40.3 Å². The van der Waals surface area contributed by atoms with Crippen molar-refractivity contribution >= 4 is 51.8 Å². The molecule has 7 nitrogen and oxygen atoms in total. The largest absolute Gasteiger partial charge is 0.398 e. The van der Waals surface area contributed by atoms with Crippen molar-refractivity contribution in [2.45, 2.75) is 19.4 Å². The Bertz CT molecular complexity index is 1130. The van der Waals surface area contributed by atoms with Gasteiger partial charge in [-0.15, -0.1) is 11.3 Å². The van der Waals surface area contributed by atoms with Gasteiger partial charge in [0.05, 0.1) is 23.6 Å². The zero-order chi connectivity index (χ0) is 23.9. The van der Waals surface area contributed by atoms with Crippen LogP contribution in [0, 0.1) is 5.41 Å². The third-order valence-corrected chi connectivity index (χ3v) is 7.50. The van der Waals surface area contributed by atoms with Crippen molar-refractivity contribution in [2.75, 3.05) is 62.8 Å². The molecule has 5 N–H and O–H groups in total. The van der Waals surface area contributed by atoms with Gasteiger partial charge in [-0.1, -0.05) is 12.1 Å². The number of nitrogens with zero attached hydrogens (tertiary/aromatic N) is 2. The number of morpholine rings is 1. The first-order chi connectivity index (χ1) is 16.8. The van der Waals surface area contributed by atoms with Crippen molar-refractivity contribution in [1.29, 1.82) is 5.41 Å². The van der Waals surface area contributed by atoms with Gasteiger partial charge in [0.25, 0.3) is 0 Å². The van der Waals surface area contributed by atoms with E-state index in [0.29, 0.717) is 5.69 Å². The number of benzene rings is 1. The molecular weight excluding hydrogens is 464 g/mol. The fourth-order valence-electron chi connectivity index (χ4n) is 4.59. The standard InChI is InChI=1S/C24H30N6OS.CH4S/c25-14-19-16(3-1-5-20(19)26)21-13-18-17-4-2-6-27-7-8-28-15-22(17)32-23(18)24(29-21)30-9-11-31-12-10-30;1-2/h1,3,5,13-14,25,27-28H,2,4,6-12,15,26H2;2H,1H3. The molecule has 0 saturated carbocycles. The first-order valence-electron chi connectivity index (χ1n) is 11.8. The Hall–Kier alpha value is -2.17. The van der Waals surface area contributed by atoms with Gasteiger partial charge in [0.1, 0.15) is 5.82 Å². The van der Waals surface area contributed by atoms with Gasteiger partial charge in [-0.25, -0.2) is 4.98 Å². The summed E-state index contributed by atoms with van der Waals surface area (Å²) in [4.78, 5) is 8.92. The lowest BCUT2D eigenvalue weighted by Gasteiger charge is -2.28. The van der Waals surface area contributed by atoms with E-state index in [2.05, 4.69) is 34.2 Å². The van der Waals surface area contributed by atoms with E-state index in [1.807, 2.05) is 29.5 Å². The van der Waals surface area contributed by atoms with Crippen LogP contribution in [0.25, 0.3) is 21.3 Å². The summed E-state index contributed by atoms with van der Waals surface area (Å²) in [7, 11) is 0. The van der Waals surface area contributed by atoms with Crippen LogP contribution in [0.2, 0.25) is 0 Å². The summed E-state index contributed by atoms with van der Waals surface area (Å²) in [5.41, 5.74) is 10.8. The smallest absolute Gasteiger partial charge is 0.147 e. The van der Waals surface area contributed by atoms with E-state index in [-0.39, 0.29) is 0 Å². The molecule has 2 aliphatic rings. The maximum atomic E-state index is 7.93. The second-order valence-electron chi connectivity index (χ2n) is 8.29. The summed E-state index contributed by atoms with van der Waals surface area (Å²) < 4.78 is 6.87. The fraction of sp³-hybridized carbons (Fsp3) is 0.440. The number of ether oxygens (including phenoxy) is 1. The monoisotopic (exact) mass is 498 g/mol. The summed E-state index contributed by atoms with van der Waals surface area (Å²) >= 11 is 5.41. The lowest BCUT2D eigenvalue weighted by Crippen LogP contribution is -2.36. The predicted octanol–water partition coefficient (Wildman–Crippen LogP) is 3.55. The maximum Gasteiger partial charge on any atom is 0.147 e. The Kier molecular flexibility index (Phi) is 8.80. The van der Waals surface area contributed by atoms with Crippen LogP contribution in [0.5, 0.6) is 0 Å². The predicted molar refractivity (Wildman–Crippen MR) is 148 cm³/mol. The number of nitrogens with two attached hydrogens (primary N) is 1. The number of aryl methyl sites for hydroxylation is 1. The first-order valence-corrected chi connectivity index (χ1v) is 13.5. The van der Waals surface area contributed by atoms with E-state index >= 15 is 0 Å². The van der Waals surface area contributed by atoms with Gasteiger partial charge in [0, 0.05) is 66.0 Å². The number of fused-ring (bicyclic) bond motifs is 3. The highest BCUT2D eigenvalue weighted by atomic mass is 32.1. The van der Waals surface area contributed by atoms with Gasteiger partial charge in [-0.05, 0) is 43.3 Å². The Labute approximate surface area is 211 Å². The van der Waals surface area contributed by atoms with Crippen molar-refractivity contribution in [3.63, 3.8) is 0 Å². The number of anilines is 2. The molecule has 3 aromatic rings. The molecule has 4 heterocycles. The molecule has 0 radical (unpaired) electrons. The molecule has 0 spiro atoms.